The van der Waals surface area contributed by atoms with E-state index in [-0.39, 0.29) is 29.6 Å². The highest BCUT2D eigenvalue weighted by molar-refractivity contribution is 6.30. The molecule has 38 heavy (non-hydrogen) atoms. The molecular formula is C30H31ClN2O5. The third-order valence-corrected chi connectivity index (χ3v) is 8.09. The van der Waals surface area contributed by atoms with Crippen LogP contribution in [0.1, 0.15) is 39.9 Å². The predicted octanol–water partition coefficient (Wildman–Crippen LogP) is 4.41. The molecule has 3 aromatic rings. The van der Waals surface area contributed by atoms with Gasteiger partial charge in [-0.15, -0.1) is 0 Å². The number of nitrogens with zero attached hydrogens (tertiary/aromatic N) is 2. The third kappa shape index (κ3) is 5.06. The number of rotatable bonds is 6. The molecule has 198 valence electrons. The molecule has 1 atom stereocenters. The Balaban J connectivity index is 1.03. The topological polar surface area (TPSA) is 82.5 Å². The minimum Gasteiger partial charge on any atom is -0.508 e. The van der Waals surface area contributed by atoms with Gasteiger partial charge in [0.15, 0.2) is 0 Å². The molecule has 1 spiro atoms. The number of aliphatic hydroxyl groups is 1. The van der Waals surface area contributed by atoms with Gasteiger partial charge in [0.05, 0.1) is 5.56 Å². The number of hydrogen-bond acceptors (Lipinski definition) is 6. The van der Waals surface area contributed by atoms with Crippen LogP contribution in [0.25, 0.3) is 0 Å². The number of β-amino-alcohol motifs (C(OH)–C–C–N with tert-alkyl or cyclic N) is 1. The first-order chi connectivity index (χ1) is 18.4. The number of piperidine rings is 1. The van der Waals surface area contributed by atoms with E-state index in [9.17, 15) is 15.0 Å². The average molecular weight is 535 g/mol. The van der Waals surface area contributed by atoms with Crippen molar-refractivity contribution in [2.45, 2.75) is 44.1 Å². The van der Waals surface area contributed by atoms with E-state index in [4.69, 9.17) is 21.1 Å². The van der Waals surface area contributed by atoms with E-state index >= 15 is 0 Å². The third-order valence-electron chi connectivity index (χ3n) is 7.85. The molecule has 0 aromatic heterocycles. The zero-order chi connectivity index (χ0) is 26.3. The number of aliphatic hydroxyl groups excluding tert-OH is 1. The number of phenols is 1. The van der Waals surface area contributed by atoms with Gasteiger partial charge in [-0.05, 0) is 47.0 Å². The van der Waals surface area contributed by atoms with Gasteiger partial charge in [0, 0.05) is 63.1 Å². The van der Waals surface area contributed by atoms with E-state index in [2.05, 4.69) is 4.90 Å². The van der Waals surface area contributed by atoms with Crippen molar-refractivity contribution in [1.29, 1.82) is 0 Å². The quantitative estimate of drug-likeness (QED) is 0.487. The molecule has 3 aliphatic rings. The molecule has 8 heteroatoms. The summed E-state index contributed by atoms with van der Waals surface area (Å²) in [7, 11) is 0. The molecule has 0 aliphatic carbocycles. The van der Waals surface area contributed by atoms with Crippen molar-refractivity contribution in [3.05, 3.63) is 87.9 Å². The van der Waals surface area contributed by atoms with Gasteiger partial charge in [-0.3, -0.25) is 4.79 Å². The van der Waals surface area contributed by atoms with Gasteiger partial charge in [0.2, 0.25) is 0 Å². The monoisotopic (exact) mass is 534 g/mol. The summed E-state index contributed by atoms with van der Waals surface area (Å²) in [6, 6.07) is 18.3. The molecule has 3 aliphatic heterocycles. The molecule has 0 unspecified atom stereocenters. The number of amides is 1. The van der Waals surface area contributed by atoms with Crippen molar-refractivity contribution in [3.8, 4) is 17.2 Å². The molecule has 0 saturated carbocycles. The Bertz CT molecular complexity index is 1330. The van der Waals surface area contributed by atoms with Gasteiger partial charge in [0.25, 0.3) is 5.91 Å². The van der Waals surface area contributed by atoms with Crippen LogP contribution in [0.4, 0.5) is 0 Å². The largest absolute Gasteiger partial charge is 0.508 e. The highest BCUT2D eigenvalue weighted by Crippen LogP contribution is 2.42. The molecule has 7 nitrogen and oxygen atoms in total. The van der Waals surface area contributed by atoms with Crippen LogP contribution < -0.4 is 9.47 Å². The van der Waals surface area contributed by atoms with Crippen molar-refractivity contribution in [3.63, 3.8) is 0 Å². The fourth-order valence-corrected chi connectivity index (χ4v) is 6.01. The van der Waals surface area contributed by atoms with E-state index < -0.39 is 6.10 Å². The first kappa shape index (κ1) is 25.0. The molecule has 6 rings (SSSR count). The van der Waals surface area contributed by atoms with E-state index in [1.807, 2.05) is 42.5 Å². The maximum atomic E-state index is 13.3. The van der Waals surface area contributed by atoms with Gasteiger partial charge in [-0.25, -0.2) is 0 Å². The number of halogens is 1. The maximum Gasteiger partial charge on any atom is 0.258 e. The number of carbonyl (C=O) groups is 1. The zero-order valence-electron chi connectivity index (χ0n) is 21.1. The number of ether oxygens (including phenoxy) is 2. The van der Waals surface area contributed by atoms with Crippen LogP contribution >= 0.6 is 11.6 Å². The number of benzene rings is 3. The van der Waals surface area contributed by atoms with E-state index in [1.165, 1.54) is 12.1 Å². The van der Waals surface area contributed by atoms with Crippen molar-refractivity contribution in [1.82, 2.24) is 9.80 Å². The smallest absolute Gasteiger partial charge is 0.258 e. The van der Waals surface area contributed by atoms with Crippen LogP contribution in [0, 0.1) is 0 Å². The van der Waals surface area contributed by atoms with Crippen molar-refractivity contribution in [2.24, 2.45) is 0 Å². The van der Waals surface area contributed by atoms with Crippen molar-refractivity contribution < 1.29 is 24.5 Å². The van der Waals surface area contributed by atoms with E-state index in [0.29, 0.717) is 25.2 Å². The molecule has 1 fully saturated rings. The molecular weight excluding hydrogens is 504 g/mol. The molecule has 1 amide bonds. The molecule has 3 aromatic carbocycles. The Morgan fingerprint density at radius 1 is 1.03 bits per heavy atom. The summed E-state index contributed by atoms with van der Waals surface area (Å²) in [5, 5.41) is 21.5. The normalized spacial score (nSPS) is 18.6. The Morgan fingerprint density at radius 2 is 1.76 bits per heavy atom. The summed E-state index contributed by atoms with van der Waals surface area (Å²) >= 11 is 6.15. The summed E-state index contributed by atoms with van der Waals surface area (Å²) < 4.78 is 12.2. The average Bonchev–Trinajstić information content (AvgIpc) is 3.50. The summed E-state index contributed by atoms with van der Waals surface area (Å²) in [6.07, 6.45) is 1.86. The lowest BCUT2D eigenvalue weighted by atomic mass is 9.87. The summed E-state index contributed by atoms with van der Waals surface area (Å²) in [4.78, 5) is 17.3. The summed E-state index contributed by atoms with van der Waals surface area (Å²) in [6.45, 7) is 3.17. The fourth-order valence-electron chi connectivity index (χ4n) is 5.82. The van der Waals surface area contributed by atoms with Gasteiger partial charge in [-0.2, -0.15) is 0 Å². The number of carbonyl (C=O) groups excluding carboxylic acids is 1. The van der Waals surface area contributed by atoms with Gasteiger partial charge in [-0.1, -0.05) is 35.9 Å². The second-order valence-corrected chi connectivity index (χ2v) is 11.0. The minimum atomic E-state index is -0.745. The van der Waals surface area contributed by atoms with Gasteiger partial charge < -0.3 is 29.5 Å². The number of likely N-dealkylation sites (tertiary alicyclic amines) is 1. The molecule has 0 radical (unpaired) electrons. The van der Waals surface area contributed by atoms with E-state index in [0.717, 1.165) is 59.8 Å². The Morgan fingerprint density at radius 3 is 2.50 bits per heavy atom. The first-order valence-corrected chi connectivity index (χ1v) is 13.4. The summed E-state index contributed by atoms with van der Waals surface area (Å²) in [5.74, 6) is 1.05. The number of aromatic hydroxyl groups is 1. The van der Waals surface area contributed by atoms with Gasteiger partial charge in [0.1, 0.15) is 35.6 Å². The molecule has 0 bridgehead atoms. The number of phenolic OH excluding ortho intramolecular Hbond substituents is 1. The second-order valence-electron chi connectivity index (χ2n) is 10.6. The Labute approximate surface area is 227 Å². The SMILES string of the molecule is O=C(c1ccc(O)cc1OC[C@@H](O)CN1CCC2(CC1)Cc1cc(Cl)ccc1O2)N1Cc2ccccc2C1. The van der Waals surface area contributed by atoms with Crippen LogP contribution in [0.3, 0.4) is 0 Å². The second kappa shape index (κ2) is 10.1. The van der Waals surface area contributed by atoms with Crippen molar-refractivity contribution >= 4 is 17.5 Å². The number of hydrogen-bond donors (Lipinski definition) is 2. The lowest BCUT2D eigenvalue weighted by Gasteiger charge is -2.39. The fraction of sp³-hybridized carbons (Fsp3) is 0.367. The zero-order valence-corrected chi connectivity index (χ0v) is 21.9. The highest BCUT2D eigenvalue weighted by atomic mass is 35.5. The number of fused-ring (bicyclic) bond motifs is 2. The van der Waals surface area contributed by atoms with Gasteiger partial charge >= 0.3 is 0 Å². The summed E-state index contributed by atoms with van der Waals surface area (Å²) in [5.41, 5.74) is 3.61. The van der Waals surface area contributed by atoms with Crippen molar-refractivity contribution in [2.75, 3.05) is 26.2 Å². The van der Waals surface area contributed by atoms with Crippen LogP contribution in [-0.4, -0.2) is 63.9 Å². The minimum absolute atomic E-state index is 0.0101. The molecule has 1 saturated heterocycles. The Hall–Kier alpha value is -3.26. The molecule has 2 N–H and O–H groups in total. The Kier molecular flexibility index (Phi) is 6.68. The predicted molar refractivity (Wildman–Crippen MR) is 144 cm³/mol. The lowest BCUT2D eigenvalue weighted by Crippen LogP contribution is -2.49. The van der Waals surface area contributed by atoms with E-state index in [1.54, 1.807) is 11.0 Å². The van der Waals surface area contributed by atoms with Crippen LogP contribution in [0.15, 0.2) is 60.7 Å². The molecule has 3 heterocycles. The standard InChI is InChI=1S/C30H31ClN2O5/c31-23-5-8-27-22(13-23)15-30(38-27)9-11-32(12-10-30)18-25(35)19-37-28-14-24(34)6-7-26(28)29(36)33-16-20-3-1-2-4-21(20)17-33/h1-8,13-14,25,34-35H,9-12,15-19H2/t25-/m0/s1. The van der Waals surface area contributed by atoms with Crippen LogP contribution in [0.5, 0.6) is 17.2 Å². The highest BCUT2D eigenvalue weighted by Gasteiger charge is 2.42. The van der Waals surface area contributed by atoms with Crippen LogP contribution in [-0.2, 0) is 19.5 Å². The van der Waals surface area contributed by atoms with Crippen LogP contribution in [0.2, 0.25) is 5.02 Å². The lowest BCUT2D eigenvalue weighted by molar-refractivity contribution is -0.00203. The maximum absolute atomic E-state index is 13.3. The first-order valence-electron chi connectivity index (χ1n) is 13.1.